The molecule has 1 unspecified atom stereocenters. The van der Waals surface area contributed by atoms with Crippen LogP contribution in [0.2, 0.25) is 0 Å². The average Bonchev–Trinajstić information content (AvgIpc) is 2.78. The van der Waals surface area contributed by atoms with E-state index in [-0.39, 0.29) is 24.8 Å². The van der Waals surface area contributed by atoms with Gasteiger partial charge in [0.15, 0.2) is 6.10 Å². The van der Waals surface area contributed by atoms with Crippen LogP contribution >= 0.6 is 0 Å². The molecule has 0 radical (unpaired) electrons. The number of fused-ring (bicyclic) bond motifs is 1. The molecule has 158 valence electrons. The highest BCUT2D eigenvalue weighted by Gasteiger charge is 2.31. The van der Waals surface area contributed by atoms with Crippen LogP contribution in [-0.4, -0.2) is 24.5 Å². The molecule has 0 fully saturated rings. The van der Waals surface area contributed by atoms with Gasteiger partial charge < -0.3 is 19.7 Å². The molecule has 2 amide bonds. The zero-order valence-corrected chi connectivity index (χ0v) is 17.3. The van der Waals surface area contributed by atoms with Gasteiger partial charge in [0.2, 0.25) is 5.91 Å². The molecule has 0 aromatic heterocycles. The predicted octanol–water partition coefficient (Wildman–Crippen LogP) is 4.41. The summed E-state index contributed by atoms with van der Waals surface area (Å²) in [7, 11) is 0. The SMILES string of the molecule is CC1Oc2cc(NC(=O)CCOc3ccccc3)ccc2N(Cc2ccccc2)C1=O. The standard InChI is InChI=1S/C25H24N2O4/c1-18-25(29)27(17-19-8-4-2-5-9-19)22-13-12-20(16-23(22)31-18)26-24(28)14-15-30-21-10-6-3-7-11-21/h2-13,16,18H,14-15,17H2,1H3,(H,26,28). The number of carbonyl (C=O) groups is 2. The summed E-state index contributed by atoms with van der Waals surface area (Å²) in [5.74, 6) is 1.05. The number of nitrogens with one attached hydrogen (secondary N) is 1. The first-order valence-electron chi connectivity index (χ1n) is 10.2. The lowest BCUT2D eigenvalue weighted by molar-refractivity contribution is -0.125. The Labute approximate surface area is 181 Å². The van der Waals surface area contributed by atoms with Crippen LogP contribution in [0.25, 0.3) is 0 Å². The number of hydrogen-bond acceptors (Lipinski definition) is 4. The molecule has 1 N–H and O–H groups in total. The molecule has 1 aliphatic rings. The number of benzene rings is 3. The molecule has 3 aromatic rings. The largest absolute Gasteiger partial charge is 0.493 e. The number of amides is 2. The summed E-state index contributed by atoms with van der Waals surface area (Å²) in [6.07, 6.45) is -0.372. The number of ether oxygens (including phenoxy) is 2. The first kappa shape index (κ1) is 20.5. The quantitative estimate of drug-likeness (QED) is 0.620. The van der Waals surface area contributed by atoms with Crippen molar-refractivity contribution in [2.75, 3.05) is 16.8 Å². The van der Waals surface area contributed by atoms with Crippen LogP contribution in [0.5, 0.6) is 11.5 Å². The topological polar surface area (TPSA) is 67.9 Å². The zero-order chi connectivity index (χ0) is 21.6. The van der Waals surface area contributed by atoms with E-state index in [1.807, 2.05) is 60.7 Å². The van der Waals surface area contributed by atoms with Gasteiger partial charge in [0.05, 0.1) is 25.3 Å². The van der Waals surface area contributed by atoms with Gasteiger partial charge >= 0.3 is 0 Å². The van der Waals surface area contributed by atoms with Crippen molar-refractivity contribution in [1.82, 2.24) is 0 Å². The first-order chi connectivity index (χ1) is 15.1. The summed E-state index contributed by atoms with van der Waals surface area (Å²) in [5.41, 5.74) is 2.34. The number of hydrogen-bond donors (Lipinski definition) is 1. The summed E-state index contributed by atoms with van der Waals surface area (Å²) < 4.78 is 11.4. The van der Waals surface area contributed by atoms with Crippen molar-refractivity contribution < 1.29 is 19.1 Å². The second-order valence-electron chi connectivity index (χ2n) is 7.31. The molecule has 1 heterocycles. The van der Waals surface area contributed by atoms with E-state index in [4.69, 9.17) is 9.47 Å². The van der Waals surface area contributed by atoms with Crippen molar-refractivity contribution in [3.05, 3.63) is 84.4 Å². The summed E-state index contributed by atoms with van der Waals surface area (Å²) in [4.78, 5) is 26.7. The predicted molar refractivity (Wildman–Crippen MR) is 119 cm³/mol. The minimum atomic E-state index is -0.596. The Morgan fingerprint density at radius 1 is 1.03 bits per heavy atom. The van der Waals surface area contributed by atoms with E-state index in [9.17, 15) is 9.59 Å². The number of para-hydroxylation sites is 1. The van der Waals surface area contributed by atoms with Crippen molar-refractivity contribution in [2.24, 2.45) is 0 Å². The van der Waals surface area contributed by atoms with Gasteiger partial charge in [-0.2, -0.15) is 0 Å². The fourth-order valence-electron chi connectivity index (χ4n) is 3.42. The molecule has 3 aromatic carbocycles. The van der Waals surface area contributed by atoms with Gasteiger partial charge in [-0.1, -0.05) is 48.5 Å². The maximum absolute atomic E-state index is 12.7. The molecule has 0 aliphatic carbocycles. The molecule has 0 saturated heterocycles. The number of carbonyl (C=O) groups excluding carboxylic acids is 2. The van der Waals surface area contributed by atoms with Gasteiger partial charge in [-0.05, 0) is 36.8 Å². The van der Waals surface area contributed by atoms with Crippen LogP contribution in [0, 0.1) is 0 Å². The molecular weight excluding hydrogens is 392 g/mol. The maximum atomic E-state index is 12.7. The third kappa shape index (κ3) is 5.04. The van der Waals surface area contributed by atoms with E-state index in [1.54, 1.807) is 30.0 Å². The maximum Gasteiger partial charge on any atom is 0.268 e. The smallest absolute Gasteiger partial charge is 0.268 e. The molecular formula is C25H24N2O4. The van der Waals surface area contributed by atoms with Crippen LogP contribution in [-0.2, 0) is 16.1 Å². The molecule has 31 heavy (non-hydrogen) atoms. The Bertz CT molecular complexity index is 1050. The minimum Gasteiger partial charge on any atom is -0.493 e. The normalized spacial score (nSPS) is 15.1. The van der Waals surface area contributed by atoms with Crippen molar-refractivity contribution in [3.63, 3.8) is 0 Å². The van der Waals surface area contributed by atoms with Gasteiger partial charge in [-0.15, -0.1) is 0 Å². The lowest BCUT2D eigenvalue weighted by atomic mass is 10.1. The molecule has 4 rings (SSSR count). The second kappa shape index (κ2) is 9.34. The van der Waals surface area contributed by atoms with Crippen LogP contribution in [0.4, 0.5) is 11.4 Å². The van der Waals surface area contributed by atoms with Gasteiger partial charge in [0.25, 0.3) is 5.91 Å². The Morgan fingerprint density at radius 2 is 1.74 bits per heavy atom. The van der Waals surface area contributed by atoms with Gasteiger partial charge in [-0.3, -0.25) is 9.59 Å². The van der Waals surface area contributed by atoms with Crippen molar-refractivity contribution in [3.8, 4) is 11.5 Å². The number of anilines is 2. The molecule has 0 bridgehead atoms. The van der Waals surface area contributed by atoms with Crippen LogP contribution in [0.15, 0.2) is 78.9 Å². The van der Waals surface area contributed by atoms with Crippen LogP contribution < -0.4 is 19.7 Å². The lowest BCUT2D eigenvalue weighted by Gasteiger charge is -2.33. The molecule has 6 nitrogen and oxygen atoms in total. The Balaban J connectivity index is 1.41. The Morgan fingerprint density at radius 3 is 2.48 bits per heavy atom. The van der Waals surface area contributed by atoms with Crippen LogP contribution in [0.3, 0.4) is 0 Å². The highest BCUT2D eigenvalue weighted by atomic mass is 16.5. The third-order valence-corrected chi connectivity index (χ3v) is 4.98. The Hall–Kier alpha value is -3.80. The Kier molecular flexibility index (Phi) is 6.17. The van der Waals surface area contributed by atoms with E-state index in [2.05, 4.69) is 5.32 Å². The highest BCUT2D eigenvalue weighted by molar-refractivity contribution is 6.00. The van der Waals surface area contributed by atoms with E-state index in [1.165, 1.54) is 0 Å². The summed E-state index contributed by atoms with van der Waals surface area (Å²) >= 11 is 0. The van der Waals surface area contributed by atoms with Gasteiger partial charge in [-0.25, -0.2) is 0 Å². The second-order valence-corrected chi connectivity index (χ2v) is 7.31. The van der Waals surface area contributed by atoms with Gasteiger partial charge in [0, 0.05) is 11.8 Å². The first-order valence-corrected chi connectivity index (χ1v) is 10.2. The van der Waals surface area contributed by atoms with Crippen molar-refractivity contribution in [2.45, 2.75) is 26.0 Å². The highest BCUT2D eigenvalue weighted by Crippen LogP contribution is 2.37. The van der Waals surface area contributed by atoms with Crippen LogP contribution in [0.1, 0.15) is 18.9 Å². The molecule has 1 aliphatic heterocycles. The average molecular weight is 416 g/mol. The van der Waals surface area contributed by atoms with E-state index in [0.29, 0.717) is 23.7 Å². The van der Waals surface area contributed by atoms with E-state index < -0.39 is 6.10 Å². The lowest BCUT2D eigenvalue weighted by Crippen LogP contribution is -2.44. The van der Waals surface area contributed by atoms with Crippen molar-refractivity contribution in [1.29, 1.82) is 0 Å². The zero-order valence-electron chi connectivity index (χ0n) is 17.3. The molecule has 0 saturated carbocycles. The monoisotopic (exact) mass is 416 g/mol. The fraction of sp³-hybridized carbons (Fsp3) is 0.200. The fourth-order valence-corrected chi connectivity index (χ4v) is 3.42. The number of nitrogens with zero attached hydrogens (tertiary/aromatic N) is 1. The summed E-state index contributed by atoms with van der Waals surface area (Å²) in [6, 6.07) is 24.5. The van der Waals surface area contributed by atoms with Gasteiger partial charge in [0.1, 0.15) is 11.5 Å². The molecule has 6 heteroatoms. The molecule has 1 atom stereocenters. The summed E-state index contributed by atoms with van der Waals surface area (Å²) in [6.45, 7) is 2.48. The van der Waals surface area contributed by atoms with E-state index >= 15 is 0 Å². The molecule has 0 spiro atoms. The summed E-state index contributed by atoms with van der Waals surface area (Å²) in [5, 5.41) is 2.87. The van der Waals surface area contributed by atoms with Crippen molar-refractivity contribution >= 4 is 23.2 Å². The minimum absolute atomic E-state index is 0.0915. The van der Waals surface area contributed by atoms with E-state index in [0.717, 1.165) is 11.3 Å². The third-order valence-electron chi connectivity index (χ3n) is 4.98. The number of rotatable bonds is 7.